The number of carbonyl (C=O) groups is 1. The van der Waals surface area contributed by atoms with Gasteiger partial charge in [0.15, 0.2) is 0 Å². The number of hydrogen-bond acceptors (Lipinski definition) is 2. The van der Waals surface area contributed by atoms with E-state index in [4.69, 9.17) is 5.73 Å². The van der Waals surface area contributed by atoms with Crippen LogP contribution in [0, 0.1) is 0 Å². The van der Waals surface area contributed by atoms with Crippen LogP contribution in [-0.2, 0) is 6.42 Å². The van der Waals surface area contributed by atoms with Crippen LogP contribution in [0.1, 0.15) is 35.7 Å². The van der Waals surface area contributed by atoms with Crippen molar-refractivity contribution in [2.75, 3.05) is 20.1 Å². The van der Waals surface area contributed by atoms with Crippen molar-refractivity contribution in [1.82, 2.24) is 4.90 Å². The lowest BCUT2D eigenvalue weighted by Gasteiger charge is -2.16. The van der Waals surface area contributed by atoms with E-state index in [1.165, 1.54) is 5.56 Å². The highest BCUT2D eigenvalue weighted by molar-refractivity contribution is 5.94. The molecule has 2 N–H and O–H groups in total. The minimum absolute atomic E-state index is 0.0951. The number of unbranched alkanes of at least 4 members (excludes halogenated alkanes) is 1. The van der Waals surface area contributed by atoms with E-state index in [-0.39, 0.29) is 5.91 Å². The fourth-order valence-electron chi connectivity index (χ4n) is 1.70. The normalized spacial score (nSPS) is 10.3. The molecule has 0 fully saturated rings. The second-order valence-corrected chi connectivity index (χ2v) is 4.32. The van der Waals surface area contributed by atoms with E-state index in [9.17, 15) is 4.79 Å². The predicted molar refractivity (Wildman–Crippen MR) is 71.1 cm³/mol. The molecule has 3 heteroatoms. The lowest BCUT2D eigenvalue weighted by Crippen LogP contribution is -2.27. The molecule has 17 heavy (non-hydrogen) atoms. The number of amides is 1. The molecule has 0 heterocycles. The maximum Gasteiger partial charge on any atom is 0.253 e. The zero-order valence-electron chi connectivity index (χ0n) is 10.8. The summed E-state index contributed by atoms with van der Waals surface area (Å²) in [5, 5.41) is 0. The fraction of sp³-hybridized carbons (Fsp3) is 0.500. The Morgan fingerprint density at radius 3 is 2.47 bits per heavy atom. The summed E-state index contributed by atoms with van der Waals surface area (Å²) >= 11 is 0. The van der Waals surface area contributed by atoms with Crippen molar-refractivity contribution in [3.05, 3.63) is 35.4 Å². The molecule has 0 aromatic heterocycles. The predicted octanol–water partition coefficient (Wildman–Crippen LogP) is 2.06. The molecule has 0 radical (unpaired) electrons. The Bertz CT molecular complexity index is 346. The molecule has 1 aromatic carbocycles. The van der Waals surface area contributed by atoms with Crippen molar-refractivity contribution in [3.63, 3.8) is 0 Å². The van der Waals surface area contributed by atoms with Gasteiger partial charge in [-0.3, -0.25) is 4.79 Å². The maximum atomic E-state index is 12.0. The van der Waals surface area contributed by atoms with Gasteiger partial charge in [-0.2, -0.15) is 0 Å². The SMILES string of the molecule is CCCCN(C)C(=O)c1ccc(CCN)cc1. The highest BCUT2D eigenvalue weighted by Gasteiger charge is 2.10. The van der Waals surface area contributed by atoms with Crippen LogP contribution in [0.3, 0.4) is 0 Å². The molecule has 0 saturated heterocycles. The summed E-state index contributed by atoms with van der Waals surface area (Å²) in [5.41, 5.74) is 7.42. The van der Waals surface area contributed by atoms with Gasteiger partial charge in [0, 0.05) is 19.2 Å². The molecular weight excluding hydrogens is 212 g/mol. The summed E-state index contributed by atoms with van der Waals surface area (Å²) in [6.45, 7) is 3.59. The molecular formula is C14H22N2O. The first-order chi connectivity index (χ1) is 8.19. The first-order valence-electron chi connectivity index (χ1n) is 6.23. The van der Waals surface area contributed by atoms with Gasteiger partial charge in [-0.05, 0) is 37.1 Å². The summed E-state index contributed by atoms with van der Waals surface area (Å²) in [6.07, 6.45) is 3.01. The Morgan fingerprint density at radius 2 is 1.94 bits per heavy atom. The van der Waals surface area contributed by atoms with Gasteiger partial charge < -0.3 is 10.6 Å². The number of carbonyl (C=O) groups excluding carboxylic acids is 1. The molecule has 0 unspecified atom stereocenters. The third kappa shape index (κ3) is 4.19. The van der Waals surface area contributed by atoms with E-state index in [1.807, 2.05) is 31.3 Å². The highest BCUT2D eigenvalue weighted by Crippen LogP contribution is 2.08. The van der Waals surface area contributed by atoms with Crippen LogP contribution in [0.4, 0.5) is 0 Å². The second kappa shape index (κ2) is 7.07. The van der Waals surface area contributed by atoms with Gasteiger partial charge in [0.2, 0.25) is 0 Å². The molecule has 0 bridgehead atoms. The Balaban J connectivity index is 2.62. The van der Waals surface area contributed by atoms with E-state index < -0.39 is 0 Å². The van der Waals surface area contributed by atoms with Crippen molar-refractivity contribution in [2.24, 2.45) is 5.73 Å². The third-order valence-corrected chi connectivity index (χ3v) is 2.83. The van der Waals surface area contributed by atoms with Crippen molar-refractivity contribution >= 4 is 5.91 Å². The summed E-state index contributed by atoms with van der Waals surface area (Å²) in [6, 6.07) is 7.73. The molecule has 0 aliphatic heterocycles. The van der Waals surface area contributed by atoms with Crippen molar-refractivity contribution in [2.45, 2.75) is 26.2 Å². The Kier molecular flexibility index (Phi) is 5.70. The largest absolute Gasteiger partial charge is 0.342 e. The third-order valence-electron chi connectivity index (χ3n) is 2.83. The van der Waals surface area contributed by atoms with E-state index in [1.54, 1.807) is 4.90 Å². The zero-order chi connectivity index (χ0) is 12.7. The standard InChI is InChI=1S/C14H22N2O/c1-3-4-11-16(2)14(17)13-7-5-12(6-8-13)9-10-15/h5-8H,3-4,9-11,15H2,1-2H3. The Morgan fingerprint density at radius 1 is 1.29 bits per heavy atom. The van der Waals surface area contributed by atoms with Gasteiger partial charge in [0.1, 0.15) is 0 Å². The average molecular weight is 234 g/mol. The van der Waals surface area contributed by atoms with Crippen LogP contribution in [-0.4, -0.2) is 30.9 Å². The number of hydrogen-bond donors (Lipinski definition) is 1. The average Bonchev–Trinajstić information content (AvgIpc) is 2.36. The van der Waals surface area contributed by atoms with Gasteiger partial charge in [0.05, 0.1) is 0 Å². The van der Waals surface area contributed by atoms with Crippen LogP contribution in [0.5, 0.6) is 0 Å². The topological polar surface area (TPSA) is 46.3 Å². The molecule has 1 aromatic rings. The Hall–Kier alpha value is -1.35. The molecule has 0 aliphatic carbocycles. The number of rotatable bonds is 6. The minimum atomic E-state index is 0.0951. The number of benzene rings is 1. The summed E-state index contributed by atoms with van der Waals surface area (Å²) in [4.78, 5) is 13.8. The summed E-state index contributed by atoms with van der Waals surface area (Å²) in [5.74, 6) is 0.0951. The monoisotopic (exact) mass is 234 g/mol. The molecule has 94 valence electrons. The van der Waals surface area contributed by atoms with Gasteiger partial charge in [-0.15, -0.1) is 0 Å². The number of nitrogens with two attached hydrogens (primary N) is 1. The first kappa shape index (κ1) is 13.7. The van der Waals surface area contributed by atoms with Crippen molar-refractivity contribution in [3.8, 4) is 0 Å². The van der Waals surface area contributed by atoms with Crippen molar-refractivity contribution < 1.29 is 4.79 Å². The highest BCUT2D eigenvalue weighted by atomic mass is 16.2. The molecule has 1 amide bonds. The molecule has 3 nitrogen and oxygen atoms in total. The quantitative estimate of drug-likeness (QED) is 0.819. The van der Waals surface area contributed by atoms with Gasteiger partial charge >= 0.3 is 0 Å². The van der Waals surface area contributed by atoms with Gasteiger partial charge in [-0.25, -0.2) is 0 Å². The van der Waals surface area contributed by atoms with Crippen LogP contribution in [0.15, 0.2) is 24.3 Å². The molecule has 0 aliphatic rings. The van der Waals surface area contributed by atoms with E-state index in [0.717, 1.165) is 31.4 Å². The summed E-state index contributed by atoms with van der Waals surface area (Å²) < 4.78 is 0. The fourth-order valence-corrected chi connectivity index (χ4v) is 1.70. The zero-order valence-corrected chi connectivity index (χ0v) is 10.8. The van der Waals surface area contributed by atoms with Crippen LogP contribution < -0.4 is 5.73 Å². The number of nitrogens with zero attached hydrogens (tertiary/aromatic N) is 1. The van der Waals surface area contributed by atoms with E-state index >= 15 is 0 Å². The molecule has 0 spiro atoms. The van der Waals surface area contributed by atoms with Crippen LogP contribution in [0.25, 0.3) is 0 Å². The molecule has 0 saturated carbocycles. The van der Waals surface area contributed by atoms with Gasteiger partial charge in [0.25, 0.3) is 5.91 Å². The first-order valence-corrected chi connectivity index (χ1v) is 6.23. The molecule has 1 rings (SSSR count). The smallest absolute Gasteiger partial charge is 0.253 e. The van der Waals surface area contributed by atoms with E-state index in [2.05, 4.69) is 6.92 Å². The summed E-state index contributed by atoms with van der Waals surface area (Å²) in [7, 11) is 1.85. The van der Waals surface area contributed by atoms with Crippen LogP contribution >= 0.6 is 0 Å². The Labute approximate surface area is 104 Å². The second-order valence-electron chi connectivity index (χ2n) is 4.32. The van der Waals surface area contributed by atoms with Gasteiger partial charge in [-0.1, -0.05) is 25.5 Å². The lowest BCUT2D eigenvalue weighted by molar-refractivity contribution is 0.0793. The lowest BCUT2D eigenvalue weighted by atomic mass is 10.1. The van der Waals surface area contributed by atoms with Crippen LogP contribution in [0.2, 0.25) is 0 Å². The minimum Gasteiger partial charge on any atom is -0.342 e. The van der Waals surface area contributed by atoms with E-state index in [0.29, 0.717) is 6.54 Å². The molecule has 0 atom stereocenters. The maximum absolute atomic E-state index is 12.0. The van der Waals surface area contributed by atoms with Crippen molar-refractivity contribution in [1.29, 1.82) is 0 Å².